The van der Waals surface area contributed by atoms with Crippen LogP contribution in [0.5, 0.6) is 0 Å². The van der Waals surface area contributed by atoms with E-state index in [1.165, 1.54) is 0 Å². The van der Waals surface area contributed by atoms with Crippen molar-refractivity contribution in [3.8, 4) is 0 Å². The van der Waals surface area contributed by atoms with E-state index in [0.717, 1.165) is 44.9 Å². The molecule has 0 unspecified atom stereocenters. The second-order valence-corrected chi connectivity index (χ2v) is 6.24. The molecule has 4 N–H and O–H groups in total. The Balaban J connectivity index is 1.97. The first kappa shape index (κ1) is 14.3. The number of nitrogens with one attached hydrogen (secondary N) is 1. The maximum absolute atomic E-state index is 12.1. The molecule has 5 heteroatoms. The summed E-state index contributed by atoms with van der Waals surface area (Å²) >= 11 is 0. The number of carboxylic acids is 1. The first-order valence-electron chi connectivity index (χ1n) is 7.29. The molecule has 5 nitrogen and oxygen atoms in total. The molecule has 0 aromatic rings. The van der Waals surface area contributed by atoms with Gasteiger partial charge in [0.25, 0.3) is 0 Å². The van der Waals surface area contributed by atoms with E-state index in [2.05, 4.69) is 5.32 Å². The largest absolute Gasteiger partial charge is 0.480 e. The molecule has 0 radical (unpaired) electrons. The molecule has 0 bridgehead atoms. The summed E-state index contributed by atoms with van der Waals surface area (Å²) in [6.45, 7) is 0. The Bertz CT molecular complexity index is 356. The first-order valence-corrected chi connectivity index (χ1v) is 7.29. The van der Waals surface area contributed by atoms with Gasteiger partial charge < -0.3 is 16.2 Å². The van der Waals surface area contributed by atoms with E-state index >= 15 is 0 Å². The van der Waals surface area contributed by atoms with Crippen molar-refractivity contribution in [1.82, 2.24) is 5.32 Å². The van der Waals surface area contributed by atoms with Gasteiger partial charge in [-0.1, -0.05) is 32.1 Å². The van der Waals surface area contributed by atoms with Crippen molar-refractivity contribution in [3.05, 3.63) is 0 Å². The fourth-order valence-electron chi connectivity index (χ4n) is 3.43. The number of nitrogens with two attached hydrogens (primary N) is 1. The fourth-order valence-corrected chi connectivity index (χ4v) is 3.43. The molecule has 2 saturated carbocycles. The molecule has 0 spiro atoms. The van der Waals surface area contributed by atoms with E-state index in [-0.39, 0.29) is 12.3 Å². The van der Waals surface area contributed by atoms with Crippen molar-refractivity contribution >= 4 is 11.9 Å². The number of amides is 1. The Labute approximate surface area is 113 Å². The Morgan fingerprint density at radius 1 is 1.00 bits per heavy atom. The van der Waals surface area contributed by atoms with Crippen LogP contribution < -0.4 is 11.1 Å². The van der Waals surface area contributed by atoms with E-state index in [1.807, 2.05) is 0 Å². The summed E-state index contributed by atoms with van der Waals surface area (Å²) in [5, 5.41) is 12.2. The molecule has 1 amide bonds. The molecule has 108 valence electrons. The molecule has 2 rings (SSSR count). The molecule has 0 aromatic carbocycles. The van der Waals surface area contributed by atoms with Crippen LogP contribution in [0.4, 0.5) is 0 Å². The van der Waals surface area contributed by atoms with Gasteiger partial charge in [-0.25, -0.2) is 4.79 Å². The standard InChI is InChI=1S/C14H24N2O3/c15-13(6-4-5-7-13)10-11(17)16-14(12(18)19)8-2-1-3-9-14/h1-10,15H2,(H,16,17)(H,18,19). The number of carbonyl (C=O) groups excluding carboxylic acids is 1. The average Bonchev–Trinajstić information content (AvgIpc) is 2.76. The molecule has 0 heterocycles. The second-order valence-electron chi connectivity index (χ2n) is 6.24. The maximum atomic E-state index is 12.1. The van der Waals surface area contributed by atoms with Crippen LogP contribution in [-0.2, 0) is 9.59 Å². The van der Waals surface area contributed by atoms with Gasteiger partial charge in [0.15, 0.2) is 0 Å². The lowest BCUT2D eigenvalue weighted by Gasteiger charge is -2.35. The van der Waals surface area contributed by atoms with Gasteiger partial charge in [0.05, 0.1) is 0 Å². The lowest BCUT2D eigenvalue weighted by molar-refractivity contribution is -0.149. The summed E-state index contributed by atoms with van der Waals surface area (Å²) in [6.07, 6.45) is 7.94. The number of hydrogen-bond acceptors (Lipinski definition) is 3. The lowest BCUT2D eigenvalue weighted by atomic mass is 9.81. The van der Waals surface area contributed by atoms with Gasteiger partial charge in [0.2, 0.25) is 5.91 Å². The molecule has 0 saturated heterocycles. The van der Waals surface area contributed by atoms with Crippen LogP contribution in [-0.4, -0.2) is 28.1 Å². The SMILES string of the molecule is NC1(CC(=O)NC2(C(=O)O)CCCCC2)CCCC1. The molecule has 0 aromatic heterocycles. The number of carbonyl (C=O) groups is 2. The third kappa shape index (κ3) is 3.26. The van der Waals surface area contributed by atoms with E-state index in [4.69, 9.17) is 5.73 Å². The second kappa shape index (κ2) is 5.49. The molecular formula is C14H24N2O3. The fraction of sp³-hybridized carbons (Fsp3) is 0.857. The zero-order valence-electron chi connectivity index (χ0n) is 11.4. The normalized spacial score (nSPS) is 24.9. The summed E-state index contributed by atoms with van der Waals surface area (Å²) in [5.74, 6) is -1.10. The Morgan fingerprint density at radius 2 is 1.53 bits per heavy atom. The molecule has 0 atom stereocenters. The third-order valence-electron chi connectivity index (χ3n) is 4.61. The van der Waals surface area contributed by atoms with Crippen LogP contribution in [0.1, 0.15) is 64.2 Å². The molecule has 2 aliphatic carbocycles. The molecular weight excluding hydrogens is 244 g/mol. The summed E-state index contributed by atoms with van der Waals surface area (Å²) in [6, 6.07) is 0. The number of rotatable bonds is 4. The van der Waals surface area contributed by atoms with E-state index in [0.29, 0.717) is 12.8 Å². The van der Waals surface area contributed by atoms with Crippen molar-refractivity contribution in [1.29, 1.82) is 0 Å². The lowest BCUT2D eigenvalue weighted by Crippen LogP contribution is -2.57. The smallest absolute Gasteiger partial charge is 0.329 e. The summed E-state index contributed by atoms with van der Waals surface area (Å²) in [5.41, 5.74) is 4.71. The quantitative estimate of drug-likeness (QED) is 0.721. The van der Waals surface area contributed by atoms with Crippen molar-refractivity contribution in [3.63, 3.8) is 0 Å². The highest BCUT2D eigenvalue weighted by Gasteiger charge is 2.42. The predicted molar refractivity (Wildman–Crippen MR) is 71.6 cm³/mol. The number of hydrogen-bond donors (Lipinski definition) is 3. The van der Waals surface area contributed by atoms with Crippen molar-refractivity contribution < 1.29 is 14.7 Å². The molecule has 2 fully saturated rings. The van der Waals surface area contributed by atoms with Gasteiger partial charge in [-0.3, -0.25) is 4.79 Å². The minimum Gasteiger partial charge on any atom is -0.480 e. The van der Waals surface area contributed by atoms with Gasteiger partial charge in [-0.15, -0.1) is 0 Å². The minimum absolute atomic E-state index is 0.200. The number of carboxylic acid groups (broad SMARTS) is 1. The zero-order chi connectivity index (χ0) is 13.9. The van der Waals surface area contributed by atoms with Crippen LogP contribution in [0.15, 0.2) is 0 Å². The first-order chi connectivity index (χ1) is 8.96. The minimum atomic E-state index is -1.05. The molecule has 19 heavy (non-hydrogen) atoms. The highest BCUT2D eigenvalue weighted by Crippen LogP contribution is 2.32. The Kier molecular flexibility index (Phi) is 4.13. The highest BCUT2D eigenvalue weighted by molar-refractivity contribution is 5.87. The van der Waals surface area contributed by atoms with Crippen LogP contribution >= 0.6 is 0 Å². The average molecular weight is 268 g/mol. The predicted octanol–water partition coefficient (Wildman–Crippen LogP) is 1.55. The van der Waals surface area contributed by atoms with E-state index < -0.39 is 17.0 Å². The number of aliphatic carboxylic acids is 1. The Hall–Kier alpha value is -1.10. The van der Waals surface area contributed by atoms with E-state index in [1.54, 1.807) is 0 Å². The van der Waals surface area contributed by atoms with Crippen LogP contribution in [0.2, 0.25) is 0 Å². The van der Waals surface area contributed by atoms with Crippen LogP contribution in [0, 0.1) is 0 Å². The summed E-state index contributed by atoms with van der Waals surface area (Å²) < 4.78 is 0. The van der Waals surface area contributed by atoms with Gasteiger partial charge >= 0.3 is 5.97 Å². The van der Waals surface area contributed by atoms with Crippen LogP contribution in [0.3, 0.4) is 0 Å². The Morgan fingerprint density at radius 3 is 2.05 bits per heavy atom. The van der Waals surface area contributed by atoms with Crippen molar-refractivity contribution in [2.45, 2.75) is 75.3 Å². The summed E-state index contributed by atoms with van der Waals surface area (Å²) in [7, 11) is 0. The zero-order valence-corrected chi connectivity index (χ0v) is 11.4. The monoisotopic (exact) mass is 268 g/mol. The highest BCUT2D eigenvalue weighted by atomic mass is 16.4. The third-order valence-corrected chi connectivity index (χ3v) is 4.61. The van der Waals surface area contributed by atoms with E-state index in [9.17, 15) is 14.7 Å². The van der Waals surface area contributed by atoms with Crippen molar-refractivity contribution in [2.75, 3.05) is 0 Å². The van der Waals surface area contributed by atoms with Gasteiger partial charge in [-0.2, -0.15) is 0 Å². The van der Waals surface area contributed by atoms with Crippen LogP contribution in [0.25, 0.3) is 0 Å². The maximum Gasteiger partial charge on any atom is 0.329 e. The van der Waals surface area contributed by atoms with Gasteiger partial charge in [0.1, 0.15) is 5.54 Å². The topological polar surface area (TPSA) is 92.4 Å². The molecule has 2 aliphatic rings. The van der Waals surface area contributed by atoms with Gasteiger partial charge in [0, 0.05) is 12.0 Å². The summed E-state index contributed by atoms with van der Waals surface area (Å²) in [4.78, 5) is 23.6. The molecule has 0 aliphatic heterocycles. The van der Waals surface area contributed by atoms with Gasteiger partial charge in [-0.05, 0) is 25.7 Å². The van der Waals surface area contributed by atoms with Crippen molar-refractivity contribution in [2.24, 2.45) is 5.73 Å².